The van der Waals surface area contributed by atoms with Crippen LogP contribution in [0.4, 0.5) is 0 Å². The molecule has 0 aromatic heterocycles. The maximum absolute atomic E-state index is 10.5. The van der Waals surface area contributed by atoms with Gasteiger partial charge in [-0.05, 0) is 36.6 Å². The van der Waals surface area contributed by atoms with Crippen molar-refractivity contribution in [3.05, 3.63) is 29.8 Å². The number of carbonyl (C=O) groups is 2. The number of methoxy groups -OCH3 is 1. The summed E-state index contributed by atoms with van der Waals surface area (Å²) in [6.07, 6.45) is 4.01. The number of rotatable bonds is 10. The summed E-state index contributed by atoms with van der Waals surface area (Å²) < 4.78 is 15.4. The van der Waals surface area contributed by atoms with Crippen LogP contribution in [0.3, 0.4) is 0 Å². The van der Waals surface area contributed by atoms with E-state index in [1.165, 1.54) is 13.2 Å². The predicted octanol–water partition coefficient (Wildman–Crippen LogP) is 2.12. The Balaban J connectivity index is 2.54. The summed E-state index contributed by atoms with van der Waals surface area (Å²) in [7, 11) is 1.52. The van der Waals surface area contributed by atoms with Gasteiger partial charge in [-0.3, -0.25) is 4.79 Å². The van der Waals surface area contributed by atoms with Crippen LogP contribution >= 0.6 is 0 Å². The van der Waals surface area contributed by atoms with E-state index in [0.717, 1.165) is 18.9 Å². The summed E-state index contributed by atoms with van der Waals surface area (Å²) in [6, 6.07) is 5.17. The van der Waals surface area contributed by atoms with Crippen molar-refractivity contribution in [3.8, 4) is 11.5 Å². The number of unbranched alkanes of at least 4 members (excludes halogenated alkanes) is 1. The van der Waals surface area contributed by atoms with Crippen LogP contribution in [-0.2, 0) is 14.3 Å². The summed E-state index contributed by atoms with van der Waals surface area (Å²) in [4.78, 5) is 20.4. The van der Waals surface area contributed by atoms with E-state index in [0.29, 0.717) is 36.7 Å². The Morgan fingerprint density at radius 2 is 2.00 bits per heavy atom. The fourth-order valence-corrected chi connectivity index (χ4v) is 1.59. The molecule has 0 spiro atoms. The summed E-state index contributed by atoms with van der Waals surface area (Å²) in [5, 5.41) is 8.59. The molecule has 114 valence electrons. The third-order valence-electron chi connectivity index (χ3n) is 2.59. The summed E-state index contributed by atoms with van der Waals surface area (Å²) >= 11 is 0. The van der Waals surface area contributed by atoms with Gasteiger partial charge in [0.05, 0.1) is 20.3 Å². The van der Waals surface area contributed by atoms with Crippen molar-refractivity contribution in [2.24, 2.45) is 0 Å². The quantitative estimate of drug-likeness (QED) is 0.404. The molecule has 0 aliphatic carbocycles. The fraction of sp³-hybridized carbons (Fsp3) is 0.333. The lowest BCUT2D eigenvalue weighted by Gasteiger charge is -2.11. The zero-order valence-corrected chi connectivity index (χ0v) is 11.8. The third-order valence-corrected chi connectivity index (χ3v) is 2.59. The van der Waals surface area contributed by atoms with Gasteiger partial charge < -0.3 is 19.3 Å². The Labute approximate surface area is 122 Å². The first kappa shape index (κ1) is 16.6. The zero-order chi connectivity index (χ0) is 15.5. The van der Waals surface area contributed by atoms with Crippen molar-refractivity contribution in [2.75, 3.05) is 20.3 Å². The van der Waals surface area contributed by atoms with Gasteiger partial charge in [0.15, 0.2) is 11.5 Å². The van der Waals surface area contributed by atoms with E-state index in [1.807, 2.05) is 0 Å². The molecule has 0 aliphatic rings. The van der Waals surface area contributed by atoms with Crippen LogP contribution in [0.1, 0.15) is 18.4 Å². The molecule has 0 atom stereocenters. The van der Waals surface area contributed by atoms with Gasteiger partial charge in [-0.1, -0.05) is 6.07 Å². The molecule has 0 saturated heterocycles. The lowest BCUT2D eigenvalue weighted by molar-refractivity contribution is -0.131. The number of aliphatic carboxylic acids is 1. The Morgan fingerprint density at radius 1 is 1.24 bits per heavy atom. The maximum atomic E-state index is 10.5. The van der Waals surface area contributed by atoms with E-state index in [-0.39, 0.29) is 0 Å². The predicted molar refractivity (Wildman–Crippen MR) is 76.4 cm³/mol. The largest absolute Gasteiger partial charge is 0.493 e. The van der Waals surface area contributed by atoms with Crippen molar-refractivity contribution in [1.82, 2.24) is 0 Å². The van der Waals surface area contributed by atoms with Gasteiger partial charge in [-0.15, -0.1) is 0 Å². The van der Waals surface area contributed by atoms with E-state index < -0.39 is 5.97 Å². The first-order valence-corrected chi connectivity index (χ1v) is 6.44. The van der Waals surface area contributed by atoms with Crippen molar-refractivity contribution >= 4 is 18.5 Å². The number of carboxylic acids is 1. The van der Waals surface area contributed by atoms with Gasteiger partial charge in [0.25, 0.3) is 6.47 Å². The van der Waals surface area contributed by atoms with E-state index in [1.54, 1.807) is 18.2 Å². The lowest BCUT2D eigenvalue weighted by Crippen LogP contribution is -2.01. The zero-order valence-electron chi connectivity index (χ0n) is 11.8. The molecule has 1 N–H and O–H groups in total. The molecular formula is C15H18O6. The fourth-order valence-electron chi connectivity index (χ4n) is 1.59. The second kappa shape index (κ2) is 9.41. The van der Waals surface area contributed by atoms with Crippen molar-refractivity contribution in [3.63, 3.8) is 0 Å². The molecule has 0 radical (unpaired) electrons. The highest BCUT2D eigenvalue weighted by molar-refractivity contribution is 5.85. The van der Waals surface area contributed by atoms with Crippen LogP contribution in [0.5, 0.6) is 11.5 Å². The second-order valence-corrected chi connectivity index (χ2v) is 4.10. The third kappa shape index (κ3) is 6.47. The molecule has 21 heavy (non-hydrogen) atoms. The van der Waals surface area contributed by atoms with Crippen molar-refractivity contribution in [1.29, 1.82) is 0 Å². The van der Waals surface area contributed by atoms with Crippen LogP contribution in [0, 0.1) is 0 Å². The molecule has 0 bridgehead atoms. The molecule has 0 heterocycles. The molecule has 1 rings (SSSR count). The molecule has 1 aromatic carbocycles. The van der Waals surface area contributed by atoms with Gasteiger partial charge in [-0.2, -0.15) is 0 Å². The number of benzene rings is 1. The van der Waals surface area contributed by atoms with E-state index in [2.05, 4.69) is 4.74 Å². The van der Waals surface area contributed by atoms with Crippen molar-refractivity contribution in [2.45, 2.75) is 12.8 Å². The Bertz CT molecular complexity index is 495. The molecule has 0 amide bonds. The molecule has 0 fully saturated rings. The highest BCUT2D eigenvalue weighted by Gasteiger charge is 2.05. The lowest BCUT2D eigenvalue weighted by atomic mass is 10.2. The van der Waals surface area contributed by atoms with E-state index in [4.69, 9.17) is 14.6 Å². The highest BCUT2D eigenvalue weighted by atomic mass is 16.5. The number of carbonyl (C=O) groups excluding carboxylic acids is 1. The first-order chi connectivity index (χ1) is 10.2. The van der Waals surface area contributed by atoms with E-state index >= 15 is 0 Å². The molecule has 0 unspecified atom stereocenters. The van der Waals surface area contributed by atoms with Gasteiger partial charge in [0.1, 0.15) is 0 Å². The van der Waals surface area contributed by atoms with Gasteiger partial charge in [0, 0.05) is 6.08 Å². The minimum atomic E-state index is -1.01. The van der Waals surface area contributed by atoms with Crippen molar-refractivity contribution < 1.29 is 28.9 Å². The number of carboxylic acid groups (broad SMARTS) is 1. The van der Waals surface area contributed by atoms with E-state index in [9.17, 15) is 9.59 Å². The minimum absolute atomic E-state index is 0.378. The smallest absolute Gasteiger partial charge is 0.328 e. The number of ether oxygens (including phenoxy) is 3. The first-order valence-electron chi connectivity index (χ1n) is 6.44. The van der Waals surface area contributed by atoms with Crippen LogP contribution in [0.25, 0.3) is 6.08 Å². The van der Waals surface area contributed by atoms with Crippen LogP contribution in [-0.4, -0.2) is 37.9 Å². The molecule has 6 heteroatoms. The maximum Gasteiger partial charge on any atom is 0.328 e. The van der Waals surface area contributed by atoms with Crippen LogP contribution < -0.4 is 9.47 Å². The Morgan fingerprint density at radius 3 is 2.67 bits per heavy atom. The molecule has 0 aliphatic heterocycles. The summed E-state index contributed by atoms with van der Waals surface area (Å²) in [5.74, 6) is 0.111. The number of hydrogen-bond donors (Lipinski definition) is 1. The SMILES string of the molecule is COc1cc(/C=C/C(=O)O)ccc1OCCCCOC=O. The summed E-state index contributed by atoms with van der Waals surface area (Å²) in [6.45, 7) is 1.28. The minimum Gasteiger partial charge on any atom is -0.493 e. The topological polar surface area (TPSA) is 82.1 Å². The molecular weight excluding hydrogens is 276 g/mol. The molecule has 6 nitrogen and oxygen atoms in total. The Hall–Kier alpha value is -2.50. The average Bonchev–Trinajstić information content (AvgIpc) is 2.49. The normalized spacial score (nSPS) is 10.3. The van der Waals surface area contributed by atoms with Crippen LogP contribution in [0.15, 0.2) is 24.3 Å². The van der Waals surface area contributed by atoms with Gasteiger partial charge in [0.2, 0.25) is 0 Å². The average molecular weight is 294 g/mol. The molecule has 0 saturated carbocycles. The standard InChI is InChI=1S/C15H18O6/c1-19-14-10-12(5-7-15(17)18)4-6-13(14)21-9-3-2-8-20-11-16/h4-7,10-11H,2-3,8-9H2,1H3,(H,17,18)/b7-5+. The Kier molecular flexibility index (Phi) is 7.42. The van der Waals surface area contributed by atoms with Gasteiger partial charge in [-0.25, -0.2) is 4.79 Å². The second-order valence-electron chi connectivity index (χ2n) is 4.10. The van der Waals surface area contributed by atoms with Gasteiger partial charge >= 0.3 is 5.97 Å². The van der Waals surface area contributed by atoms with Crippen LogP contribution in [0.2, 0.25) is 0 Å². The highest BCUT2D eigenvalue weighted by Crippen LogP contribution is 2.28. The number of hydrogen-bond acceptors (Lipinski definition) is 5. The summed E-state index contributed by atoms with van der Waals surface area (Å²) in [5.41, 5.74) is 0.709. The monoisotopic (exact) mass is 294 g/mol. The molecule has 1 aromatic rings.